The van der Waals surface area contributed by atoms with Gasteiger partial charge in [-0.3, -0.25) is 4.79 Å². The topological polar surface area (TPSA) is 38.3 Å². The smallest absolute Gasteiger partial charge is 0.217 e. The van der Waals surface area contributed by atoms with Gasteiger partial charge in [0.1, 0.15) is 0 Å². The fourth-order valence-electron chi connectivity index (χ4n) is 1.64. The molecule has 0 spiro atoms. The van der Waals surface area contributed by atoms with E-state index in [1.807, 2.05) is 0 Å². The molecule has 12 heavy (non-hydrogen) atoms. The van der Waals surface area contributed by atoms with E-state index < -0.39 is 0 Å². The van der Waals surface area contributed by atoms with Crippen LogP contribution >= 0.6 is 0 Å². The van der Waals surface area contributed by atoms with E-state index in [4.69, 9.17) is 4.74 Å². The number of carbonyl (C=O) groups is 1. The zero-order chi connectivity index (χ0) is 8.97. The van der Waals surface area contributed by atoms with Crippen molar-refractivity contribution in [2.75, 3.05) is 6.61 Å². The third-order valence-electron chi connectivity index (χ3n) is 2.24. The molecule has 0 bridgehead atoms. The van der Waals surface area contributed by atoms with Crippen LogP contribution in [0.1, 0.15) is 33.1 Å². The highest BCUT2D eigenvalue weighted by Crippen LogP contribution is 2.17. The van der Waals surface area contributed by atoms with E-state index in [0.717, 1.165) is 25.9 Å². The molecular formula is C9H17NO2. The Labute approximate surface area is 73.5 Å². The number of hydrogen-bond acceptors (Lipinski definition) is 2. The number of rotatable bonds is 3. The van der Waals surface area contributed by atoms with E-state index in [1.165, 1.54) is 0 Å². The summed E-state index contributed by atoms with van der Waals surface area (Å²) in [5.41, 5.74) is 0. The fourth-order valence-corrected chi connectivity index (χ4v) is 1.64. The van der Waals surface area contributed by atoms with Crippen LogP contribution < -0.4 is 5.32 Å². The predicted octanol–water partition coefficient (Wildman–Crippen LogP) is 1.08. The molecule has 3 nitrogen and oxygen atoms in total. The molecule has 0 radical (unpaired) electrons. The highest BCUT2D eigenvalue weighted by atomic mass is 16.5. The molecule has 1 aliphatic rings. The van der Waals surface area contributed by atoms with Gasteiger partial charge < -0.3 is 10.1 Å². The number of ether oxygens (including phenoxy) is 1. The number of amides is 1. The van der Waals surface area contributed by atoms with Crippen molar-refractivity contribution >= 4 is 5.91 Å². The first-order valence-corrected chi connectivity index (χ1v) is 4.62. The molecule has 1 aliphatic heterocycles. The normalized spacial score (nSPS) is 25.3. The van der Waals surface area contributed by atoms with Crippen LogP contribution in [0.2, 0.25) is 0 Å². The lowest BCUT2D eigenvalue weighted by Crippen LogP contribution is -2.41. The van der Waals surface area contributed by atoms with Crippen LogP contribution in [0, 0.1) is 0 Å². The van der Waals surface area contributed by atoms with E-state index in [0.29, 0.717) is 0 Å². The van der Waals surface area contributed by atoms with Gasteiger partial charge in [-0.05, 0) is 19.3 Å². The second-order valence-electron chi connectivity index (χ2n) is 3.27. The maximum absolute atomic E-state index is 10.8. The fraction of sp³-hybridized carbons (Fsp3) is 0.889. The Bertz CT molecular complexity index is 153. The molecule has 0 aromatic heterocycles. The Hall–Kier alpha value is -0.570. The number of carbonyl (C=O) groups excluding carboxylic acids is 1. The minimum absolute atomic E-state index is 0.0392. The van der Waals surface area contributed by atoms with Crippen molar-refractivity contribution < 1.29 is 9.53 Å². The molecular weight excluding hydrogens is 154 g/mol. The van der Waals surface area contributed by atoms with Crippen LogP contribution in [0.5, 0.6) is 0 Å². The van der Waals surface area contributed by atoms with E-state index in [2.05, 4.69) is 12.2 Å². The third kappa shape index (κ3) is 2.48. The second-order valence-corrected chi connectivity index (χ2v) is 3.27. The van der Waals surface area contributed by atoms with Crippen molar-refractivity contribution in [3.63, 3.8) is 0 Å². The van der Waals surface area contributed by atoms with Gasteiger partial charge >= 0.3 is 0 Å². The van der Waals surface area contributed by atoms with E-state index >= 15 is 0 Å². The Morgan fingerprint density at radius 2 is 2.50 bits per heavy atom. The molecule has 2 atom stereocenters. The van der Waals surface area contributed by atoms with Gasteiger partial charge in [0.2, 0.25) is 5.91 Å². The Kier molecular flexibility index (Phi) is 3.53. The molecule has 0 saturated carbocycles. The van der Waals surface area contributed by atoms with Crippen LogP contribution in [0.4, 0.5) is 0 Å². The van der Waals surface area contributed by atoms with Crippen LogP contribution in [0.25, 0.3) is 0 Å². The molecule has 3 heteroatoms. The molecule has 1 saturated heterocycles. The first-order chi connectivity index (χ1) is 5.74. The minimum Gasteiger partial charge on any atom is -0.376 e. The van der Waals surface area contributed by atoms with E-state index in [9.17, 15) is 4.79 Å². The Balaban J connectivity index is 2.37. The molecule has 0 aromatic carbocycles. The molecule has 1 heterocycles. The molecule has 70 valence electrons. The third-order valence-corrected chi connectivity index (χ3v) is 2.24. The van der Waals surface area contributed by atoms with Crippen molar-refractivity contribution in [1.82, 2.24) is 5.32 Å². The van der Waals surface area contributed by atoms with E-state index in [1.54, 1.807) is 6.92 Å². The maximum Gasteiger partial charge on any atom is 0.217 e. The standard InChI is InChI=1S/C9H17NO2/c1-3-8(10-7(2)11)9-5-4-6-12-9/h8-9H,3-6H2,1-2H3,(H,10,11). The monoisotopic (exact) mass is 171 g/mol. The molecule has 2 unspecified atom stereocenters. The summed E-state index contributed by atoms with van der Waals surface area (Å²) in [4.78, 5) is 10.8. The largest absolute Gasteiger partial charge is 0.376 e. The molecule has 0 aromatic rings. The Morgan fingerprint density at radius 1 is 1.75 bits per heavy atom. The summed E-state index contributed by atoms with van der Waals surface area (Å²) in [5, 5.41) is 2.91. The first kappa shape index (κ1) is 9.52. The minimum atomic E-state index is 0.0392. The summed E-state index contributed by atoms with van der Waals surface area (Å²) >= 11 is 0. The highest BCUT2D eigenvalue weighted by Gasteiger charge is 2.24. The summed E-state index contributed by atoms with van der Waals surface area (Å²) in [6.45, 7) is 4.47. The number of hydrogen-bond donors (Lipinski definition) is 1. The number of nitrogens with one attached hydrogen (secondary N) is 1. The molecule has 0 aliphatic carbocycles. The zero-order valence-electron chi connectivity index (χ0n) is 7.80. The van der Waals surface area contributed by atoms with Crippen LogP contribution in [0.15, 0.2) is 0 Å². The van der Waals surface area contributed by atoms with Gasteiger partial charge in [0, 0.05) is 13.5 Å². The van der Waals surface area contributed by atoms with Crippen LogP contribution in [0.3, 0.4) is 0 Å². The van der Waals surface area contributed by atoms with Gasteiger partial charge in [-0.25, -0.2) is 0 Å². The van der Waals surface area contributed by atoms with Gasteiger partial charge in [0.25, 0.3) is 0 Å². The average Bonchev–Trinajstić information content (AvgIpc) is 2.51. The van der Waals surface area contributed by atoms with Crippen molar-refractivity contribution in [1.29, 1.82) is 0 Å². The summed E-state index contributed by atoms with van der Waals surface area (Å²) in [6, 6.07) is 0.213. The van der Waals surface area contributed by atoms with Gasteiger partial charge in [-0.1, -0.05) is 6.92 Å². The summed E-state index contributed by atoms with van der Waals surface area (Å²) in [5.74, 6) is 0.0392. The van der Waals surface area contributed by atoms with Crippen molar-refractivity contribution in [3.8, 4) is 0 Å². The SMILES string of the molecule is CCC(NC(C)=O)C1CCCO1. The first-order valence-electron chi connectivity index (χ1n) is 4.62. The second kappa shape index (κ2) is 4.45. The highest BCUT2D eigenvalue weighted by molar-refractivity contribution is 5.73. The lowest BCUT2D eigenvalue weighted by Gasteiger charge is -2.21. The van der Waals surface area contributed by atoms with Gasteiger partial charge in [0.15, 0.2) is 0 Å². The zero-order valence-corrected chi connectivity index (χ0v) is 7.80. The molecule has 1 N–H and O–H groups in total. The molecule has 1 amide bonds. The summed E-state index contributed by atoms with van der Waals surface area (Å²) < 4.78 is 5.49. The lowest BCUT2D eigenvalue weighted by molar-refractivity contribution is -0.120. The lowest BCUT2D eigenvalue weighted by atomic mass is 10.1. The summed E-state index contributed by atoms with van der Waals surface area (Å²) in [6.07, 6.45) is 3.41. The van der Waals surface area contributed by atoms with Gasteiger partial charge in [-0.15, -0.1) is 0 Å². The van der Waals surface area contributed by atoms with Gasteiger partial charge in [0.05, 0.1) is 12.1 Å². The van der Waals surface area contributed by atoms with Gasteiger partial charge in [-0.2, -0.15) is 0 Å². The van der Waals surface area contributed by atoms with Crippen molar-refractivity contribution in [3.05, 3.63) is 0 Å². The summed E-state index contributed by atoms with van der Waals surface area (Å²) in [7, 11) is 0. The van der Waals surface area contributed by atoms with Crippen molar-refractivity contribution in [2.45, 2.75) is 45.3 Å². The maximum atomic E-state index is 10.8. The molecule has 1 fully saturated rings. The van der Waals surface area contributed by atoms with E-state index in [-0.39, 0.29) is 18.1 Å². The Morgan fingerprint density at radius 3 is 2.92 bits per heavy atom. The average molecular weight is 171 g/mol. The van der Waals surface area contributed by atoms with Crippen LogP contribution in [-0.2, 0) is 9.53 Å². The van der Waals surface area contributed by atoms with Crippen molar-refractivity contribution in [2.24, 2.45) is 0 Å². The quantitative estimate of drug-likeness (QED) is 0.690. The van der Waals surface area contributed by atoms with Crippen LogP contribution in [-0.4, -0.2) is 24.7 Å². The predicted molar refractivity (Wildman–Crippen MR) is 46.9 cm³/mol. The molecule has 1 rings (SSSR count).